The first-order valence-corrected chi connectivity index (χ1v) is 8.50. The van der Waals surface area contributed by atoms with Gasteiger partial charge in [-0.15, -0.1) is 11.3 Å². The van der Waals surface area contributed by atoms with Gasteiger partial charge in [0.05, 0.1) is 0 Å². The molecular weight excluding hydrogens is 317 g/mol. The Hall–Kier alpha value is -2.08. The van der Waals surface area contributed by atoms with Crippen molar-refractivity contribution < 1.29 is 18.7 Å². The fraction of sp³-hybridized carbons (Fsp3) is 0.353. The lowest BCUT2D eigenvalue weighted by atomic mass is 10.1. The van der Waals surface area contributed by atoms with Crippen molar-refractivity contribution in [1.29, 1.82) is 0 Å². The number of piperidine rings is 1. The van der Waals surface area contributed by atoms with E-state index >= 15 is 0 Å². The van der Waals surface area contributed by atoms with Crippen molar-refractivity contribution in [3.63, 3.8) is 0 Å². The van der Waals surface area contributed by atoms with Gasteiger partial charge < -0.3 is 14.4 Å². The third-order valence-electron chi connectivity index (χ3n) is 3.77. The molecule has 0 atom stereocenters. The lowest BCUT2D eigenvalue weighted by Gasteiger charge is -2.32. The van der Waals surface area contributed by atoms with Crippen molar-refractivity contribution in [1.82, 2.24) is 4.90 Å². The highest BCUT2D eigenvalue weighted by molar-refractivity contribution is 7.08. The van der Waals surface area contributed by atoms with Crippen molar-refractivity contribution in [3.8, 4) is 11.5 Å². The van der Waals surface area contributed by atoms with Crippen LogP contribution in [0.5, 0.6) is 11.5 Å². The number of amides is 1. The van der Waals surface area contributed by atoms with Crippen LogP contribution < -0.4 is 9.47 Å². The molecule has 0 radical (unpaired) electrons. The molecule has 2 heterocycles. The van der Waals surface area contributed by atoms with Crippen LogP contribution in [-0.4, -0.2) is 36.6 Å². The molecular formula is C17H18FNO3S. The average Bonchev–Trinajstić information content (AvgIpc) is 3.08. The molecule has 1 aliphatic rings. The summed E-state index contributed by atoms with van der Waals surface area (Å²) in [6, 6.07) is 7.62. The maximum absolute atomic E-state index is 12.8. The van der Waals surface area contributed by atoms with Crippen LogP contribution in [-0.2, 0) is 4.79 Å². The smallest absolute Gasteiger partial charge is 0.260 e. The normalized spacial score (nSPS) is 15.4. The molecule has 0 bridgehead atoms. The fourth-order valence-corrected chi connectivity index (χ4v) is 3.06. The Morgan fingerprint density at radius 2 is 1.91 bits per heavy atom. The van der Waals surface area contributed by atoms with Crippen molar-refractivity contribution in [2.45, 2.75) is 18.9 Å². The van der Waals surface area contributed by atoms with Gasteiger partial charge in [-0.1, -0.05) is 0 Å². The molecule has 1 amide bonds. The summed E-state index contributed by atoms with van der Waals surface area (Å²) in [5, 5.41) is 3.97. The Morgan fingerprint density at radius 3 is 2.57 bits per heavy atom. The maximum atomic E-state index is 12.8. The number of ether oxygens (including phenoxy) is 2. The number of hydrogen-bond acceptors (Lipinski definition) is 4. The number of carbonyl (C=O) groups is 1. The molecule has 0 N–H and O–H groups in total. The van der Waals surface area contributed by atoms with Crippen LogP contribution in [0.1, 0.15) is 12.8 Å². The molecule has 1 saturated heterocycles. The number of rotatable bonds is 5. The molecule has 0 spiro atoms. The number of thiophene rings is 1. The maximum Gasteiger partial charge on any atom is 0.260 e. The zero-order valence-corrected chi connectivity index (χ0v) is 13.4. The third kappa shape index (κ3) is 4.45. The highest BCUT2D eigenvalue weighted by atomic mass is 32.1. The van der Waals surface area contributed by atoms with Gasteiger partial charge in [-0.2, -0.15) is 0 Å². The Balaban J connectivity index is 1.42. The SMILES string of the molecule is O=C(COc1ccc(F)cc1)N1CCC(Oc2ccsc2)CC1. The molecule has 2 aromatic rings. The second-order valence-corrected chi connectivity index (χ2v) is 6.18. The van der Waals surface area contributed by atoms with E-state index in [0.717, 1.165) is 18.6 Å². The molecule has 1 aromatic carbocycles. The van der Waals surface area contributed by atoms with Crippen LogP contribution in [0.4, 0.5) is 4.39 Å². The van der Waals surface area contributed by atoms with Crippen LogP contribution in [0, 0.1) is 5.82 Å². The monoisotopic (exact) mass is 335 g/mol. The minimum absolute atomic E-state index is 0.0261. The first kappa shape index (κ1) is 15.8. The molecule has 6 heteroatoms. The average molecular weight is 335 g/mol. The molecule has 122 valence electrons. The number of halogens is 1. The minimum atomic E-state index is -0.323. The first-order valence-electron chi connectivity index (χ1n) is 7.56. The summed E-state index contributed by atoms with van der Waals surface area (Å²) in [5.74, 6) is 1.02. The quantitative estimate of drug-likeness (QED) is 0.841. The molecule has 1 fully saturated rings. The summed E-state index contributed by atoms with van der Waals surface area (Å²) < 4.78 is 24.1. The van der Waals surface area contributed by atoms with Gasteiger partial charge in [-0.05, 0) is 35.7 Å². The van der Waals surface area contributed by atoms with Gasteiger partial charge >= 0.3 is 0 Å². The number of benzene rings is 1. The molecule has 0 unspecified atom stereocenters. The molecule has 0 saturated carbocycles. The molecule has 1 aromatic heterocycles. The van der Waals surface area contributed by atoms with Gasteiger partial charge in [0.2, 0.25) is 0 Å². The lowest BCUT2D eigenvalue weighted by molar-refractivity contribution is -0.135. The Morgan fingerprint density at radius 1 is 1.17 bits per heavy atom. The van der Waals surface area contributed by atoms with Crippen LogP contribution in [0.2, 0.25) is 0 Å². The van der Waals surface area contributed by atoms with Gasteiger partial charge in [0.1, 0.15) is 23.4 Å². The lowest BCUT2D eigenvalue weighted by Crippen LogP contribution is -2.43. The van der Waals surface area contributed by atoms with Crippen LogP contribution in [0.15, 0.2) is 41.1 Å². The minimum Gasteiger partial charge on any atom is -0.489 e. The fourth-order valence-electron chi connectivity index (χ4n) is 2.50. The van der Waals surface area contributed by atoms with E-state index in [4.69, 9.17) is 9.47 Å². The van der Waals surface area contributed by atoms with Gasteiger partial charge in [0.25, 0.3) is 5.91 Å². The van der Waals surface area contributed by atoms with Crippen molar-refractivity contribution in [3.05, 3.63) is 46.9 Å². The zero-order valence-electron chi connectivity index (χ0n) is 12.6. The Labute approximate surface area is 138 Å². The number of carbonyl (C=O) groups excluding carboxylic acids is 1. The van der Waals surface area contributed by atoms with Crippen LogP contribution >= 0.6 is 11.3 Å². The molecule has 23 heavy (non-hydrogen) atoms. The van der Waals surface area contributed by atoms with E-state index in [0.29, 0.717) is 18.8 Å². The number of hydrogen-bond donors (Lipinski definition) is 0. The van der Waals surface area contributed by atoms with E-state index in [1.54, 1.807) is 16.2 Å². The highest BCUT2D eigenvalue weighted by Gasteiger charge is 2.24. The van der Waals surface area contributed by atoms with E-state index in [-0.39, 0.29) is 24.4 Å². The summed E-state index contributed by atoms with van der Waals surface area (Å²) in [5.41, 5.74) is 0. The number of nitrogens with zero attached hydrogens (tertiary/aromatic N) is 1. The summed E-state index contributed by atoms with van der Waals surface area (Å²) in [4.78, 5) is 13.9. The second-order valence-electron chi connectivity index (χ2n) is 5.40. The topological polar surface area (TPSA) is 38.8 Å². The van der Waals surface area contributed by atoms with Gasteiger partial charge in [0, 0.05) is 31.3 Å². The number of likely N-dealkylation sites (tertiary alicyclic amines) is 1. The zero-order chi connectivity index (χ0) is 16.1. The van der Waals surface area contributed by atoms with Gasteiger partial charge in [-0.3, -0.25) is 4.79 Å². The molecule has 4 nitrogen and oxygen atoms in total. The first-order chi connectivity index (χ1) is 11.2. The van der Waals surface area contributed by atoms with Crippen LogP contribution in [0.25, 0.3) is 0 Å². The third-order valence-corrected chi connectivity index (χ3v) is 4.43. The van der Waals surface area contributed by atoms with Gasteiger partial charge in [-0.25, -0.2) is 4.39 Å². The molecule has 0 aliphatic carbocycles. The summed E-state index contributed by atoms with van der Waals surface area (Å²) >= 11 is 1.61. The predicted octanol–water partition coefficient (Wildman–Crippen LogP) is 3.34. The largest absolute Gasteiger partial charge is 0.489 e. The second kappa shape index (κ2) is 7.46. The van der Waals surface area contributed by atoms with E-state index in [9.17, 15) is 9.18 Å². The van der Waals surface area contributed by atoms with Gasteiger partial charge in [0.15, 0.2) is 6.61 Å². The van der Waals surface area contributed by atoms with E-state index in [2.05, 4.69) is 0 Å². The van der Waals surface area contributed by atoms with E-state index in [1.807, 2.05) is 16.8 Å². The van der Waals surface area contributed by atoms with Crippen molar-refractivity contribution in [2.24, 2.45) is 0 Å². The summed E-state index contributed by atoms with van der Waals surface area (Å²) in [6.07, 6.45) is 1.79. The summed E-state index contributed by atoms with van der Waals surface area (Å²) in [6.45, 7) is 1.31. The van der Waals surface area contributed by atoms with E-state index in [1.165, 1.54) is 24.3 Å². The standard InChI is InChI=1S/C17H18FNO3S/c18-13-1-3-14(4-2-13)21-11-17(20)19-8-5-15(6-9-19)22-16-7-10-23-12-16/h1-4,7,10,12,15H,5-6,8-9,11H2. The van der Waals surface area contributed by atoms with Crippen LogP contribution in [0.3, 0.4) is 0 Å². The summed E-state index contributed by atoms with van der Waals surface area (Å²) in [7, 11) is 0. The predicted molar refractivity (Wildman–Crippen MR) is 86.4 cm³/mol. The van der Waals surface area contributed by atoms with Crippen molar-refractivity contribution >= 4 is 17.2 Å². The Kier molecular flexibility index (Phi) is 5.12. The molecule has 3 rings (SSSR count). The van der Waals surface area contributed by atoms with Crippen molar-refractivity contribution in [2.75, 3.05) is 19.7 Å². The highest BCUT2D eigenvalue weighted by Crippen LogP contribution is 2.21. The molecule has 1 aliphatic heterocycles. The van der Waals surface area contributed by atoms with E-state index < -0.39 is 0 Å². The Bertz CT molecular complexity index is 622.